The molecule has 0 spiro atoms. The fourth-order valence-corrected chi connectivity index (χ4v) is 1.71. The summed E-state index contributed by atoms with van der Waals surface area (Å²) >= 11 is 0. The quantitative estimate of drug-likeness (QED) is 0.564. The predicted octanol–water partition coefficient (Wildman–Crippen LogP) is 2.73. The second-order valence-corrected chi connectivity index (χ2v) is 3.59. The van der Waals surface area contributed by atoms with Gasteiger partial charge >= 0.3 is 0 Å². The van der Waals surface area contributed by atoms with Crippen molar-refractivity contribution in [2.24, 2.45) is 0 Å². The Labute approximate surface area is 84.5 Å². The van der Waals surface area contributed by atoms with E-state index in [2.05, 4.69) is 0 Å². The summed E-state index contributed by atoms with van der Waals surface area (Å²) < 4.78 is 0. The molecule has 1 aromatic carbocycles. The number of hydrogen-bond donors (Lipinski definition) is 1. The van der Waals surface area contributed by atoms with Crippen molar-refractivity contribution in [3.05, 3.63) is 33.4 Å². The number of nitrogens with one attached hydrogen (secondary N) is 1. The van der Waals surface area contributed by atoms with Crippen LogP contribution in [0.2, 0.25) is 0 Å². The number of rotatable bonds is 2. The lowest BCUT2D eigenvalue weighted by molar-refractivity contribution is 0.112. The minimum atomic E-state index is 0.653. The van der Waals surface area contributed by atoms with Gasteiger partial charge in [0.25, 0.3) is 0 Å². The smallest absolute Gasteiger partial charge is 0.150 e. The first kappa shape index (κ1) is 10.6. The van der Waals surface area contributed by atoms with Crippen molar-refractivity contribution in [2.75, 3.05) is 0 Å². The summed E-state index contributed by atoms with van der Waals surface area (Å²) in [6, 6.07) is 0. The number of carbonyl (C=O) groups excluding carboxylic acids is 1. The molecule has 1 rings (SSSR count). The Balaban J connectivity index is 3.73. The Morgan fingerprint density at radius 2 is 1.29 bits per heavy atom. The van der Waals surface area contributed by atoms with Gasteiger partial charge in [-0.15, -0.1) is 0 Å². The van der Waals surface area contributed by atoms with E-state index in [1.807, 2.05) is 27.7 Å². The minimum absolute atomic E-state index is 0.653. The Bertz CT molecular complexity index is 367. The highest BCUT2D eigenvalue weighted by Gasteiger charge is 2.12. The van der Waals surface area contributed by atoms with E-state index in [1.165, 1.54) is 11.8 Å². The van der Waals surface area contributed by atoms with E-state index in [9.17, 15) is 4.79 Å². The second-order valence-electron chi connectivity index (χ2n) is 3.59. The number of hydrogen-bond acceptors (Lipinski definition) is 2. The van der Waals surface area contributed by atoms with Crippen molar-refractivity contribution < 1.29 is 4.79 Å². The molecule has 0 aliphatic carbocycles. The van der Waals surface area contributed by atoms with Crippen LogP contribution in [0.3, 0.4) is 0 Å². The van der Waals surface area contributed by atoms with Crippen LogP contribution in [0.4, 0.5) is 0 Å². The van der Waals surface area contributed by atoms with Crippen LogP contribution in [0, 0.1) is 33.1 Å². The summed E-state index contributed by atoms with van der Waals surface area (Å²) in [6.07, 6.45) is 2.10. The second kappa shape index (κ2) is 3.74. The van der Waals surface area contributed by atoms with Gasteiger partial charge in [-0.25, -0.2) is 0 Å². The SMILES string of the molecule is Cc1c(C)c(C)c(C=O)c(C=N)c1C. The van der Waals surface area contributed by atoms with E-state index in [0.717, 1.165) is 28.5 Å². The average Bonchev–Trinajstić information content (AvgIpc) is 2.20. The monoisotopic (exact) mass is 189 g/mol. The molecule has 0 radical (unpaired) electrons. The zero-order valence-corrected chi connectivity index (χ0v) is 9.06. The summed E-state index contributed by atoms with van der Waals surface area (Å²) in [4.78, 5) is 10.9. The van der Waals surface area contributed by atoms with Crippen LogP contribution in [-0.2, 0) is 0 Å². The van der Waals surface area contributed by atoms with Crippen LogP contribution in [0.25, 0.3) is 0 Å². The van der Waals surface area contributed by atoms with E-state index in [0.29, 0.717) is 5.56 Å². The van der Waals surface area contributed by atoms with E-state index in [-0.39, 0.29) is 0 Å². The summed E-state index contributed by atoms with van der Waals surface area (Å²) in [5, 5.41) is 7.31. The fraction of sp³-hybridized carbons (Fsp3) is 0.333. The van der Waals surface area contributed by atoms with Crippen molar-refractivity contribution in [3.8, 4) is 0 Å². The summed E-state index contributed by atoms with van der Waals surface area (Å²) in [5.41, 5.74) is 5.75. The van der Waals surface area contributed by atoms with Gasteiger partial charge in [-0.05, 0) is 49.9 Å². The lowest BCUT2D eigenvalue weighted by Crippen LogP contribution is -2.04. The zero-order valence-electron chi connectivity index (χ0n) is 9.06. The van der Waals surface area contributed by atoms with Crippen molar-refractivity contribution in [2.45, 2.75) is 27.7 Å². The van der Waals surface area contributed by atoms with E-state index in [1.54, 1.807) is 0 Å². The Hall–Kier alpha value is -1.44. The molecule has 0 aliphatic heterocycles. The van der Waals surface area contributed by atoms with E-state index >= 15 is 0 Å². The predicted molar refractivity (Wildman–Crippen MR) is 58.7 cm³/mol. The van der Waals surface area contributed by atoms with E-state index < -0.39 is 0 Å². The maximum Gasteiger partial charge on any atom is 0.150 e. The number of carbonyl (C=O) groups is 1. The molecule has 1 aromatic rings. The third kappa shape index (κ3) is 1.37. The molecule has 14 heavy (non-hydrogen) atoms. The van der Waals surface area contributed by atoms with Crippen LogP contribution in [0.1, 0.15) is 38.2 Å². The molecule has 0 fully saturated rings. The van der Waals surface area contributed by atoms with Crippen LogP contribution >= 0.6 is 0 Å². The van der Waals surface area contributed by atoms with Gasteiger partial charge in [0.2, 0.25) is 0 Å². The topological polar surface area (TPSA) is 40.9 Å². The van der Waals surface area contributed by atoms with E-state index in [4.69, 9.17) is 5.41 Å². The highest BCUT2D eigenvalue weighted by molar-refractivity contribution is 5.94. The molecular weight excluding hydrogens is 174 g/mol. The summed E-state index contributed by atoms with van der Waals surface area (Å²) in [6.45, 7) is 7.92. The van der Waals surface area contributed by atoms with Crippen LogP contribution < -0.4 is 0 Å². The van der Waals surface area contributed by atoms with Gasteiger partial charge in [0.05, 0.1) is 0 Å². The normalized spacial score (nSPS) is 10.0. The van der Waals surface area contributed by atoms with Crippen LogP contribution in [0.15, 0.2) is 0 Å². The van der Waals surface area contributed by atoms with Gasteiger partial charge in [0, 0.05) is 17.3 Å². The molecule has 0 atom stereocenters. The van der Waals surface area contributed by atoms with Gasteiger partial charge < -0.3 is 5.41 Å². The molecule has 0 aliphatic rings. The van der Waals surface area contributed by atoms with Crippen LogP contribution in [0.5, 0.6) is 0 Å². The lowest BCUT2D eigenvalue weighted by Gasteiger charge is -2.14. The third-order valence-corrected chi connectivity index (χ3v) is 3.05. The highest BCUT2D eigenvalue weighted by atomic mass is 16.1. The zero-order chi connectivity index (χ0) is 10.9. The van der Waals surface area contributed by atoms with Gasteiger partial charge in [0.15, 0.2) is 6.29 Å². The number of benzene rings is 1. The van der Waals surface area contributed by atoms with Crippen molar-refractivity contribution in [1.82, 2.24) is 0 Å². The Morgan fingerprint density at radius 3 is 1.64 bits per heavy atom. The first-order chi connectivity index (χ1) is 6.54. The van der Waals surface area contributed by atoms with Crippen LogP contribution in [-0.4, -0.2) is 12.5 Å². The molecule has 1 N–H and O–H groups in total. The first-order valence-electron chi connectivity index (χ1n) is 4.60. The van der Waals surface area contributed by atoms with Crippen molar-refractivity contribution >= 4 is 12.5 Å². The maximum atomic E-state index is 10.9. The summed E-state index contributed by atoms with van der Waals surface area (Å²) in [7, 11) is 0. The molecule has 0 unspecified atom stereocenters. The maximum absolute atomic E-state index is 10.9. The number of aldehydes is 1. The molecule has 0 saturated carbocycles. The molecule has 0 amide bonds. The molecule has 2 heteroatoms. The molecule has 2 nitrogen and oxygen atoms in total. The first-order valence-corrected chi connectivity index (χ1v) is 4.60. The molecular formula is C12H15NO. The van der Waals surface area contributed by atoms with Crippen molar-refractivity contribution in [3.63, 3.8) is 0 Å². The van der Waals surface area contributed by atoms with Gasteiger partial charge in [0.1, 0.15) is 0 Å². The largest absolute Gasteiger partial charge is 0.308 e. The van der Waals surface area contributed by atoms with Crippen molar-refractivity contribution in [1.29, 1.82) is 5.41 Å². The molecule has 0 bridgehead atoms. The Kier molecular flexibility index (Phi) is 2.84. The molecule has 0 saturated heterocycles. The average molecular weight is 189 g/mol. The van der Waals surface area contributed by atoms with Gasteiger partial charge in [-0.1, -0.05) is 0 Å². The standard InChI is InChI=1S/C12H15NO/c1-7-8(2)10(4)12(6-14)11(5-13)9(7)3/h5-6,13H,1-4H3. The molecule has 0 heterocycles. The third-order valence-electron chi connectivity index (χ3n) is 3.05. The Morgan fingerprint density at radius 1 is 0.857 bits per heavy atom. The fourth-order valence-electron chi connectivity index (χ4n) is 1.71. The lowest BCUT2D eigenvalue weighted by atomic mass is 9.90. The molecule has 74 valence electrons. The molecule has 0 aromatic heterocycles. The van der Waals surface area contributed by atoms with Gasteiger partial charge in [-0.3, -0.25) is 4.79 Å². The minimum Gasteiger partial charge on any atom is -0.308 e. The van der Waals surface area contributed by atoms with Gasteiger partial charge in [-0.2, -0.15) is 0 Å². The summed E-state index contributed by atoms with van der Waals surface area (Å²) in [5.74, 6) is 0. The highest BCUT2D eigenvalue weighted by Crippen LogP contribution is 2.23.